The summed E-state index contributed by atoms with van der Waals surface area (Å²) in [5.74, 6) is -0.794. The van der Waals surface area contributed by atoms with E-state index in [0.717, 1.165) is 12.7 Å². The molecule has 3 N–H and O–H groups in total. The summed E-state index contributed by atoms with van der Waals surface area (Å²) in [6.07, 6.45) is 0. The van der Waals surface area contributed by atoms with Crippen LogP contribution in [-0.2, 0) is 19.6 Å². The number of benzene rings is 1. The molecule has 1 rings (SSSR count). The van der Waals surface area contributed by atoms with Crippen molar-refractivity contribution in [3.63, 3.8) is 0 Å². The first-order chi connectivity index (χ1) is 8.77. The van der Waals surface area contributed by atoms with Crippen LogP contribution in [0.4, 0.5) is 5.69 Å². The van der Waals surface area contributed by atoms with Gasteiger partial charge in [-0.3, -0.25) is 4.79 Å². The summed E-state index contributed by atoms with van der Waals surface area (Å²) in [6.45, 7) is 2.97. The van der Waals surface area contributed by atoms with Crippen molar-refractivity contribution in [2.75, 3.05) is 12.8 Å². The highest BCUT2D eigenvalue weighted by Gasteiger charge is 2.30. The number of esters is 1. The maximum absolute atomic E-state index is 11.9. The predicted octanol–water partition coefficient (Wildman–Crippen LogP) is 0.811. The summed E-state index contributed by atoms with van der Waals surface area (Å²) < 4.78 is 30.8. The molecule has 0 aliphatic heterocycles. The fraction of sp³-hybridized carbons (Fsp3) is 0.417. The Labute approximate surface area is 113 Å². The van der Waals surface area contributed by atoms with Crippen molar-refractivity contribution >= 4 is 21.7 Å². The lowest BCUT2D eigenvalue weighted by atomic mass is 10.1. The Morgan fingerprint density at radius 1 is 1.26 bits per heavy atom. The molecule has 6 nitrogen and oxygen atoms in total. The fourth-order valence-electron chi connectivity index (χ4n) is 1.49. The van der Waals surface area contributed by atoms with Crippen LogP contribution in [0.3, 0.4) is 0 Å². The van der Waals surface area contributed by atoms with Crippen LogP contribution in [0.5, 0.6) is 0 Å². The molecule has 2 atom stereocenters. The van der Waals surface area contributed by atoms with E-state index in [1.807, 2.05) is 0 Å². The standard InChI is InChI=1S/C12H18N2O4S/c1-8(10-4-6-11(13)7-5-10)14-19(16,17)9(2)12(15)18-3/h4-9,14H,13H2,1-3H3. The van der Waals surface area contributed by atoms with Gasteiger partial charge in [-0.25, -0.2) is 13.1 Å². The van der Waals surface area contributed by atoms with Crippen molar-refractivity contribution in [1.82, 2.24) is 4.72 Å². The number of carbonyl (C=O) groups excluding carboxylic acids is 1. The van der Waals surface area contributed by atoms with Crippen LogP contribution in [0.15, 0.2) is 24.3 Å². The number of rotatable bonds is 5. The van der Waals surface area contributed by atoms with Crippen molar-refractivity contribution in [3.8, 4) is 0 Å². The Morgan fingerprint density at radius 2 is 1.79 bits per heavy atom. The van der Waals surface area contributed by atoms with Gasteiger partial charge in [-0.05, 0) is 31.5 Å². The van der Waals surface area contributed by atoms with Gasteiger partial charge in [-0.1, -0.05) is 12.1 Å². The second-order valence-corrected chi connectivity index (χ2v) is 6.25. The SMILES string of the molecule is COC(=O)C(C)S(=O)(=O)NC(C)c1ccc(N)cc1. The highest BCUT2D eigenvalue weighted by Crippen LogP contribution is 2.16. The zero-order valence-electron chi connectivity index (χ0n) is 11.1. The van der Waals surface area contributed by atoms with E-state index in [1.165, 1.54) is 6.92 Å². The molecule has 0 bridgehead atoms. The number of carbonyl (C=O) groups is 1. The van der Waals surface area contributed by atoms with Gasteiger partial charge in [0.15, 0.2) is 5.25 Å². The van der Waals surface area contributed by atoms with E-state index in [-0.39, 0.29) is 0 Å². The molecule has 0 aliphatic rings. The number of nitrogens with two attached hydrogens (primary N) is 1. The maximum Gasteiger partial charge on any atom is 0.325 e. The minimum Gasteiger partial charge on any atom is -0.468 e. The largest absolute Gasteiger partial charge is 0.468 e. The molecule has 0 spiro atoms. The van der Waals surface area contributed by atoms with Crippen molar-refractivity contribution in [2.24, 2.45) is 0 Å². The van der Waals surface area contributed by atoms with Crippen LogP contribution in [0.1, 0.15) is 25.5 Å². The van der Waals surface area contributed by atoms with Gasteiger partial charge in [-0.2, -0.15) is 0 Å². The van der Waals surface area contributed by atoms with Gasteiger partial charge >= 0.3 is 5.97 Å². The summed E-state index contributed by atoms with van der Waals surface area (Å²) in [5, 5.41) is -1.26. The Balaban J connectivity index is 2.83. The summed E-state index contributed by atoms with van der Waals surface area (Å²) in [5.41, 5.74) is 6.92. The van der Waals surface area contributed by atoms with Crippen molar-refractivity contribution in [3.05, 3.63) is 29.8 Å². The topological polar surface area (TPSA) is 98.5 Å². The minimum absolute atomic E-state index is 0.460. The third-order valence-electron chi connectivity index (χ3n) is 2.78. The highest BCUT2D eigenvalue weighted by atomic mass is 32.2. The van der Waals surface area contributed by atoms with Gasteiger partial charge in [-0.15, -0.1) is 0 Å². The van der Waals surface area contributed by atoms with Crippen molar-refractivity contribution in [1.29, 1.82) is 0 Å². The Kier molecular flexibility index (Phi) is 4.90. The van der Waals surface area contributed by atoms with Crippen LogP contribution < -0.4 is 10.5 Å². The molecule has 19 heavy (non-hydrogen) atoms. The van der Waals surface area contributed by atoms with Crippen molar-refractivity contribution in [2.45, 2.75) is 25.1 Å². The molecule has 0 amide bonds. The van der Waals surface area contributed by atoms with E-state index in [4.69, 9.17) is 5.73 Å². The zero-order chi connectivity index (χ0) is 14.6. The summed E-state index contributed by atoms with van der Waals surface area (Å²) >= 11 is 0. The van der Waals surface area contributed by atoms with E-state index in [0.29, 0.717) is 5.69 Å². The lowest BCUT2D eigenvalue weighted by Gasteiger charge is -2.17. The van der Waals surface area contributed by atoms with E-state index >= 15 is 0 Å². The second kappa shape index (κ2) is 6.03. The van der Waals surface area contributed by atoms with Gasteiger partial charge in [0.25, 0.3) is 0 Å². The van der Waals surface area contributed by atoms with Crippen LogP contribution in [-0.4, -0.2) is 26.7 Å². The molecular weight excluding hydrogens is 268 g/mol. The fourth-order valence-corrected chi connectivity index (χ4v) is 2.68. The molecule has 0 heterocycles. The van der Waals surface area contributed by atoms with E-state index < -0.39 is 27.3 Å². The highest BCUT2D eigenvalue weighted by molar-refractivity contribution is 7.90. The first-order valence-corrected chi connectivity index (χ1v) is 7.27. The molecule has 0 fully saturated rings. The van der Waals surface area contributed by atoms with Crippen molar-refractivity contribution < 1.29 is 17.9 Å². The van der Waals surface area contributed by atoms with Gasteiger partial charge in [0.2, 0.25) is 10.0 Å². The number of nitrogens with one attached hydrogen (secondary N) is 1. The maximum atomic E-state index is 11.9. The van der Waals surface area contributed by atoms with Crippen LogP contribution in [0.2, 0.25) is 0 Å². The monoisotopic (exact) mass is 286 g/mol. The third-order valence-corrected chi connectivity index (χ3v) is 4.58. The van der Waals surface area contributed by atoms with E-state index in [2.05, 4.69) is 9.46 Å². The molecule has 0 radical (unpaired) electrons. The summed E-state index contributed by atoms with van der Waals surface area (Å²) in [7, 11) is -2.63. The Hall–Kier alpha value is -1.60. The third kappa shape index (κ3) is 3.93. The van der Waals surface area contributed by atoms with Gasteiger partial charge in [0.05, 0.1) is 7.11 Å². The minimum atomic E-state index is -3.78. The quantitative estimate of drug-likeness (QED) is 0.616. The normalized spacial score (nSPS) is 14.7. The molecular formula is C12H18N2O4S. The molecule has 106 valence electrons. The lowest BCUT2D eigenvalue weighted by molar-refractivity contribution is -0.139. The molecule has 2 unspecified atom stereocenters. The van der Waals surface area contributed by atoms with Gasteiger partial charge < -0.3 is 10.5 Å². The first-order valence-electron chi connectivity index (χ1n) is 5.72. The van der Waals surface area contributed by atoms with Gasteiger partial charge in [0.1, 0.15) is 0 Å². The van der Waals surface area contributed by atoms with Crippen LogP contribution in [0.25, 0.3) is 0 Å². The zero-order valence-corrected chi connectivity index (χ0v) is 11.9. The lowest BCUT2D eigenvalue weighted by Crippen LogP contribution is -2.39. The van der Waals surface area contributed by atoms with Crippen LogP contribution in [0, 0.1) is 0 Å². The first kappa shape index (κ1) is 15.5. The second-order valence-electron chi connectivity index (χ2n) is 4.22. The van der Waals surface area contributed by atoms with Crippen LogP contribution >= 0.6 is 0 Å². The predicted molar refractivity (Wildman–Crippen MR) is 72.8 cm³/mol. The molecule has 1 aromatic rings. The number of hydrogen-bond acceptors (Lipinski definition) is 5. The number of sulfonamides is 1. The summed E-state index contributed by atoms with van der Waals surface area (Å²) in [6, 6.07) is 6.36. The average molecular weight is 286 g/mol. The number of nitrogen functional groups attached to an aromatic ring is 1. The molecule has 7 heteroatoms. The Morgan fingerprint density at radius 3 is 2.26 bits per heavy atom. The number of methoxy groups -OCH3 is 1. The molecule has 0 aromatic heterocycles. The average Bonchev–Trinajstić information content (AvgIpc) is 2.37. The number of anilines is 1. The van der Waals surface area contributed by atoms with Gasteiger partial charge in [0, 0.05) is 11.7 Å². The van der Waals surface area contributed by atoms with E-state index in [1.54, 1.807) is 31.2 Å². The summed E-state index contributed by atoms with van der Waals surface area (Å²) in [4.78, 5) is 11.3. The Bertz CT molecular complexity index is 539. The molecule has 0 saturated heterocycles. The number of hydrogen-bond donors (Lipinski definition) is 2. The number of ether oxygens (including phenoxy) is 1. The van der Waals surface area contributed by atoms with E-state index in [9.17, 15) is 13.2 Å². The molecule has 0 aliphatic carbocycles. The molecule has 1 aromatic carbocycles. The smallest absolute Gasteiger partial charge is 0.325 e. The molecule has 0 saturated carbocycles.